The van der Waals surface area contributed by atoms with E-state index in [9.17, 15) is 4.79 Å². The molecule has 1 N–H and O–H groups in total. The van der Waals surface area contributed by atoms with E-state index in [1.165, 1.54) is 17.5 Å². The molecule has 0 saturated heterocycles. The molecule has 4 aromatic rings. The number of thiazole rings is 1. The van der Waals surface area contributed by atoms with Gasteiger partial charge in [0.1, 0.15) is 17.2 Å². The third-order valence-corrected chi connectivity index (χ3v) is 5.60. The Bertz CT molecular complexity index is 1120. The Morgan fingerprint density at radius 3 is 2.03 bits per heavy atom. The third kappa shape index (κ3) is 4.54. The fraction of sp³-hybridized carbons (Fsp3) is 0.130. The summed E-state index contributed by atoms with van der Waals surface area (Å²) in [7, 11) is 3.26. The first-order valence-electron chi connectivity index (χ1n) is 9.47. The molecule has 0 atom stereocenters. The highest BCUT2D eigenvalue weighted by Crippen LogP contribution is 2.40. The van der Waals surface area contributed by atoms with Crippen molar-refractivity contribution in [3.05, 3.63) is 72.3 Å². The maximum Gasteiger partial charge on any atom is 0.277 e. The molecule has 0 fully saturated rings. The van der Waals surface area contributed by atoms with Crippen molar-refractivity contribution in [3.8, 4) is 33.2 Å². The van der Waals surface area contributed by atoms with Gasteiger partial charge in [0.15, 0.2) is 5.13 Å². The van der Waals surface area contributed by atoms with Gasteiger partial charge < -0.3 is 9.47 Å². The van der Waals surface area contributed by atoms with Gasteiger partial charge in [0.25, 0.3) is 5.91 Å². The summed E-state index contributed by atoms with van der Waals surface area (Å²) in [6.45, 7) is 1.82. The summed E-state index contributed by atoms with van der Waals surface area (Å²) in [5, 5.41) is 3.32. The summed E-state index contributed by atoms with van der Waals surface area (Å²) in [5.41, 5.74) is 3.63. The monoisotopic (exact) mass is 432 g/mol. The highest BCUT2D eigenvalue weighted by molar-refractivity contribution is 7.19. The highest BCUT2D eigenvalue weighted by Gasteiger charge is 2.18. The molecule has 7 nitrogen and oxygen atoms in total. The molecule has 2 aromatic carbocycles. The molecule has 0 aliphatic rings. The van der Waals surface area contributed by atoms with E-state index in [1.807, 2.05) is 55.5 Å². The SMILES string of the molecule is COc1ccc(-c2nc(NC(=O)c3cnc(C)cn3)sc2-c2ccc(OC)cc2)cc1. The molecule has 4 rings (SSSR count). The van der Waals surface area contributed by atoms with Gasteiger partial charge in [-0.1, -0.05) is 11.3 Å². The Balaban J connectivity index is 1.71. The lowest BCUT2D eigenvalue weighted by molar-refractivity contribution is 0.102. The van der Waals surface area contributed by atoms with Crippen LogP contribution in [0, 0.1) is 6.92 Å². The fourth-order valence-electron chi connectivity index (χ4n) is 2.93. The number of aryl methyl sites for hydroxylation is 1. The van der Waals surface area contributed by atoms with E-state index in [2.05, 4.69) is 15.3 Å². The number of carbonyl (C=O) groups excluding carboxylic acids is 1. The van der Waals surface area contributed by atoms with Crippen LogP contribution in [0.15, 0.2) is 60.9 Å². The van der Waals surface area contributed by atoms with E-state index in [0.717, 1.165) is 38.9 Å². The number of hydrogen-bond donors (Lipinski definition) is 1. The molecule has 0 aliphatic carbocycles. The van der Waals surface area contributed by atoms with Crippen molar-refractivity contribution in [1.29, 1.82) is 0 Å². The molecule has 2 heterocycles. The number of hydrogen-bond acceptors (Lipinski definition) is 7. The van der Waals surface area contributed by atoms with E-state index in [0.29, 0.717) is 5.13 Å². The minimum Gasteiger partial charge on any atom is -0.497 e. The van der Waals surface area contributed by atoms with E-state index in [1.54, 1.807) is 20.4 Å². The molecule has 8 heteroatoms. The van der Waals surface area contributed by atoms with Gasteiger partial charge in [-0.3, -0.25) is 15.1 Å². The van der Waals surface area contributed by atoms with E-state index in [-0.39, 0.29) is 11.6 Å². The molecule has 0 unspecified atom stereocenters. The summed E-state index contributed by atoms with van der Waals surface area (Å²) in [5.74, 6) is 1.17. The molecule has 0 saturated carbocycles. The predicted molar refractivity (Wildman–Crippen MR) is 121 cm³/mol. The van der Waals surface area contributed by atoms with Gasteiger partial charge in [-0.05, 0) is 61.0 Å². The second kappa shape index (κ2) is 8.93. The van der Waals surface area contributed by atoms with Gasteiger partial charge in [0.05, 0.1) is 36.7 Å². The Morgan fingerprint density at radius 2 is 1.48 bits per heavy atom. The lowest BCUT2D eigenvalue weighted by Crippen LogP contribution is -2.13. The van der Waals surface area contributed by atoms with Gasteiger partial charge in [0.2, 0.25) is 0 Å². The quantitative estimate of drug-likeness (QED) is 0.469. The van der Waals surface area contributed by atoms with Crippen LogP contribution in [0.1, 0.15) is 16.2 Å². The third-order valence-electron chi connectivity index (χ3n) is 4.58. The van der Waals surface area contributed by atoms with Gasteiger partial charge >= 0.3 is 0 Å². The zero-order valence-corrected chi connectivity index (χ0v) is 18.1. The second-order valence-corrected chi connectivity index (χ2v) is 7.65. The Hall–Kier alpha value is -3.78. The zero-order chi connectivity index (χ0) is 21.8. The molecule has 0 aliphatic heterocycles. The summed E-state index contributed by atoms with van der Waals surface area (Å²) in [6, 6.07) is 15.4. The number of methoxy groups -OCH3 is 2. The Kier molecular flexibility index (Phi) is 5.90. The van der Waals surface area contributed by atoms with Crippen LogP contribution in [0.2, 0.25) is 0 Å². The largest absolute Gasteiger partial charge is 0.497 e. The molecular formula is C23H20N4O3S. The van der Waals surface area contributed by atoms with Crippen molar-refractivity contribution in [3.63, 3.8) is 0 Å². The van der Waals surface area contributed by atoms with Crippen molar-refractivity contribution in [2.75, 3.05) is 19.5 Å². The number of carbonyl (C=O) groups is 1. The average molecular weight is 433 g/mol. The fourth-order valence-corrected chi connectivity index (χ4v) is 3.92. The average Bonchev–Trinajstić information content (AvgIpc) is 3.23. The minimum absolute atomic E-state index is 0.234. The van der Waals surface area contributed by atoms with Crippen LogP contribution < -0.4 is 14.8 Å². The van der Waals surface area contributed by atoms with Crippen LogP contribution in [-0.4, -0.2) is 35.1 Å². The number of nitrogens with zero attached hydrogens (tertiary/aromatic N) is 3. The molecule has 31 heavy (non-hydrogen) atoms. The van der Waals surface area contributed by atoms with Crippen LogP contribution in [-0.2, 0) is 0 Å². The minimum atomic E-state index is -0.358. The summed E-state index contributed by atoms with van der Waals surface area (Å²) in [4.78, 5) is 26.5. The van der Waals surface area contributed by atoms with Crippen molar-refractivity contribution >= 4 is 22.4 Å². The number of benzene rings is 2. The van der Waals surface area contributed by atoms with Crippen LogP contribution in [0.4, 0.5) is 5.13 Å². The van der Waals surface area contributed by atoms with Gasteiger partial charge in [-0.2, -0.15) is 0 Å². The number of amides is 1. The number of aromatic nitrogens is 3. The normalized spacial score (nSPS) is 10.5. The number of rotatable bonds is 6. The molecular weight excluding hydrogens is 412 g/mol. The molecule has 0 bridgehead atoms. The highest BCUT2D eigenvalue weighted by atomic mass is 32.1. The maximum absolute atomic E-state index is 12.6. The predicted octanol–water partition coefficient (Wildman–Crippen LogP) is 4.85. The molecule has 0 spiro atoms. The van der Waals surface area contributed by atoms with Crippen LogP contribution in [0.25, 0.3) is 21.7 Å². The first-order valence-corrected chi connectivity index (χ1v) is 10.3. The molecule has 1 amide bonds. The van der Waals surface area contributed by atoms with Gasteiger partial charge in [-0.25, -0.2) is 9.97 Å². The van der Waals surface area contributed by atoms with Crippen molar-refractivity contribution < 1.29 is 14.3 Å². The van der Waals surface area contributed by atoms with Crippen molar-refractivity contribution in [1.82, 2.24) is 15.0 Å². The zero-order valence-electron chi connectivity index (χ0n) is 17.2. The lowest BCUT2D eigenvalue weighted by atomic mass is 10.1. The van der Waals surface area contributed by atoms with Gasteiger partial charge in [0, 0.05) is 11.8 Å². The molecule has 2 aromatic heterocycles. The van der Waals surface area contributed by atoms with Crippen LogP contribution in [0.3, 0.4) is 0 Å². The van der Waals surface area contributed by atoms with Gasteiger partial charge in [-0.15, -0.1) is 0 Å². The topological polar surface area (TPSA) is 86.2 Å². The molecule has 0 radical (unpaired) electrons. The number of anilines is 1. The smallest absolute Gasteiger partial charge is 0.277 e. The molecule has 156 valence electrons. The Morgan fingerprint density at radius 1 is 0.871 bits per heavy atom. The summed E-state index contributed by atoms with van der Waals surface area (Å²) < 4.78 is 10.5. The standard InChI is InChI=1S/C23H20N4O3S/c1-14-12-25-19(13-24-14)22(28)27-23-26-20(15-4-8-17(29-2)9-5-15)21(31-23)16-6-10-18(30-3)11-7-16/h4-13H,1-3H3,(H,26,27,28). The first kappa shape index (κ1) is 20.5. The van der Waals surface area contributed by atoms with E-state index < -0.39 is 0 Å². The lowest BCUT2D eigenvalue weighted by Gasteiger charge is -2.05. The first-order chi connectivity index (χ1) is 15.1. The number of ether oxygens (including phenoxy) is 2. The van der Waals surface area contributed by atoms with E-state index in [4.69, 9.17) is 14.5 Å². The second-order valence-electron chi connectivity index (χ2n) is 6.65. The van der Waals surface area contributed by atoms with Crippen LogP contribution >= 0.6 is 11.3 Å². The summed E-state index contributed by atoms with van der Waals surface area (Å²) in [6.07, 6.45) is 3.01. The van der Waals surface area contributed by atoms with Crippen molar-refractivity contribution in [2.45, 2.75) is 6.92 Å². The van der Waals surface area contributed by atoms with Crippen LogP contribution in [0.5, 0.6) is 11.5 Å². The number of nitrogens with one attached hydrogen (secondary N) is 1. The van der Waals surface area contributed by atoms with Crippen molar-refractivity contribution in [2.24, 2.45) is 0 Å². The summed E-state index contributed by atoms with van der Waals surface area (Å²) >= 11 is 1.39. The maximum atomic E-state index is 12.6. The Labute approximate surface area is 183 Å². The van der Waals surface area contributed by atoms with E-state index >= 15 is 0 Å².